The maximum Gasteiger partial charge on any atom is 0.163 e. The molecule has 2 unspecified atom stereocenters. The molecule has 7 heteroatoms. The van der Waals surface area contributed by atoms with E-state index in [4.69, 9.17) is 14.2 Å². The van der Waals surface area contributed by atoms with E-state index in [1.54, 1.807) is 14.2 Å². The van der Waals surface area contributed by atoms with Gasteiger partial charge in [0.15, 0.2) is 17.3 Å². The van der Waals surface area contributed by atoms with E-state index >= 15 is 0 Å². The van der Waals surface area contributed by atoms with Gasteiger partial charge in [0.2, 0.25) is 0 Å². The zero-order valence-corrected chi connectivity index (χ0v) is 21.8. The van der Waals surface area contributed by atoms with E-state index in [2.05, 4.69) is 51.9 Å². The molecule has 38 heavy (non-hydrogen) atoms. The highest BCUT2D eigenvalue weighted by molar-refractivity contribution is 6.01. The first-order valence-corrected chi connectivity index (χ1v) is 13.2. The van der Waals surface area contributed by atoms with Crippen molar-refractivity contribution in [2.45, 2.75) is 24.8 Å². The number of morpholine rings is 1. The Morgan fingerprint density at radius 3 is 2.29 bits per heavy atom. The van der Waals surface area contributed by atoms with E-state index in [1.807, 2.05) is 30.3 Å². The number of nitrogens with one attached hydrogen (secondary N) is 2. The van der Waals surface area contributed by atoms with Crippen LogP contribution in [-0.4, -0.2) is 46.3 Å². The molecule has 3 aromatic rings. The van der Waals surface area contributed by atoms with Gasteiger partial charge in [-0.3, -0.25) is 4.79 Å². The standard InChI is InChI=1S/C31H33N3O4/c1-36-28-12-9-21(19-29(28)37-2)22-17-26-30(27(35)18-22)31(33-25-6-4-3-5-24(25)32-26)20-7-10-23(11-8-20)34-13-15-38-16-14-34/h3-12,19,22,31-33H,13-18H2,1-2H3. The summed E-state index contributed by atoms with van der Waals surface area (Å²) >= 11 is 0. The van der Waals surface area contributed by atoms with Gasteiger partial charge in [-0.25, -0.2) is 0 Å². The predicted octanol–water partition coefficient (Wildman–Crippen LogP) is 5.52. The Hall–Kier alpha value is -3.97. The molecule has 2 aliphatic heterocycles. The van der Waals surface area contributed by atoms with Gasteiger partial charge in [-0.1, -0.05) is 30.3 Å². The van der Waals surface area contributed by atoms with Crippen LogP contribution < -0.4 is 25.0 Å². The zero-order valence-electron chi connectivity index (χ0n) is 21.8. The molecule has 196 valence electrons. The smallest absolute Gasteiger partial charge is 0.163 e. The van der Waals surface area contributed by atoms with Crippen LogP contribution in [0.15, 0.2) is 78.0 Å². The summed E-state index contributed by atoms with van der Waals surface area (Å²) in [5.74, 6) is 1.56. The number of para-hydroxylation sites is 2. The second-order valence-corrected chi connectivity index (χ2v) is 9.97. The maximum atomic E-state index is 13.9. The highest BCUT2D eigenvalue weighted by atomic mass is 16.5. The normalized spacial score (nSPS) is 21.0. The van der Waals surface area contributed by atoms with Crippen LogP contribution in [0.5, 0.6) is 11.5 Å². The lowest BCUT2D eigenvalue weighted by atomic mass is 9.78. The number of hydrogen-bond acceptors (Lipinski definition) is 7. The Kier molecular flexibility index (Phi) is 6.68. The summed E-state index contributed by atoms with van der Waals surface area (Å²) in [5.41, 5.74) is 7.08. The number of anilines is 3. The third-order valence-corrected chi connectivity index (χ3v) is 7.79. The van der Waals surface area contributed by atoms with Crippen LogP contribution in [0.2, 0.25) is 0 Å². The highest BCUT2D eigenvalue weighted by Crippen LogP contribution is 2.45. The molecule has 1 aliphatic carbocycles. The van der Waals surface area contributed by atoms with Crippen molar-refractivity contribution < 1.29 is 19.0 Å². The second-order valence-electron chi connectivity index (χ2n) is 9.97. The lowest BCUT2D eigenvalue weighted by Crippen LogP contribution is -2.36. The number of carbonyl (C=O) groups is 1. The number of allylic oxidation sites excluding steroid dienone is 1. The largest absolute Gasteiger partial charge is 0.493 e. The Morgan fingerprint density at radius 2 is 1.55 bits per heavy atom. The van der Waals surface area contributed by atoms with Crippen molar-refractivity contribution in [3.8, 4) is 11.5 Å². The van der Waals surface area contributed by atoms with Gasteiger partial charge in [0.05, 0.1) is 44.8 Å². The molecule has 2 N–H and O–H groups in total. The quantitative estimate of drug-likeness (QED) is 0.467. The number of benzene rings is 3. The van der Waals surface area contributed by atoms with Gasteiger partial charge in [0.25, 0.3) is 0 Å². The molecule has 0 spiro atoms. The highest BCUT2D eigenvalue weighted by Gasteiger charge is 2.36. The number of ether oxygens (including phenoxy) is 3. The van der Waals surface area contributed by atoms with Gasteiger partial charge in [0, 0.05) is 36.5 Å². The lowest BCUT2D eigenvalue weighted by molar-refractivity contribution is -0.116. The molecule has 0 amide bonds. The molecule has 0 bridgehead atoms. The third kappa shape index (κ3) is 4.58. The lowest BCUT2D eigenvalue weighted by Gasteiger charge is -2.31. The molecule has 7 nitrogen and oxygen atoms in total. The number of nitrogens with zero attached hydrogens (tertiary/aromatic N) is 1. The van der Waals surface area contributed by atoms with Crippen molar-refractivity contribution in [3.63, 3.8) is 0 Å². The van der Waals surface area contributed by atoms with Crippen LogP contribution in [0.3, 0.4) is 0 Å². The summed E-state index contributed by atoms with van der Waals surface area (Å²) in [5, 5.41) is 7.30. The Balaban J connectivity index is 1.36. The van der Waals surface area contributed by atoms with Gasteiger partial charge in [-0.05, 0) is 59.9 Å². The van der Waals surface area contributed by atoms with Gasteiger partial charge in [-0.15, -0.1) is 0 Å². The minimum absolute atomic E-state index is 0.0446. The number of carbonyl (C=O) groups excluding carboxylic acids is 1. The molecular weight excluding hydrogens is 478 g/mol. The van der Waals surface area contributed by atoms with Gasteiger partial charge in [-0.2, -0.15) is 0 Å². The molecular formula is C31H33N3O4. The van der Waals surface area contributed by atoms with E-state index in [-0.39, 0.29) is 17.7 Å². The van der Waals surface area contributed by atoms with Gasteiger partial charge in [0.1, 0.15) is 0 Å². The molecule has 3 aromatic carbocycles. The van der Waals surface area contributed by atoms with Crippen LogP contribution >= 0.6 is 0 Å². The van der Waals surface area contributed by atoms with Crippen molar-refractivity contribution >= 4 is 22.8 Å². The van der Waals surface area contributed by atoms with E-state index < -0.39 is 0 Å². The van der Waals surface area contributed by atoms with E-state index in [1.165, 1.54) is 5.69 Å². The number of rotatable bonds is 5. The summed E-state index contributed by atoms with van der Waals surface area (Å²) in [6, 6.07) is 22.5. The van der Waals surface area contributed by atoms with Crippen LogP contribution in [0.1, 0.15) is 35.9 Å². The fourth-order valence-electron chi connectivity index (χ4n) is 5.78. The minimum atomic E-state index is -0.237. The molecule has 0 saturated carbocycles. The molecule has 1 fully saturated rings. The van der Waals surface area contributed by atoms with E-state index in [9.17, 15) is 4.79 Å². The summed E-state index contributed by atoms with van der Waals surface area (Å²) in [4.78, 5) is 16.2. The Morgan fingerprint density at radius 1 is 0.842 bits per heavy atom. The van der Waals surface area contributed by atoms with Gasteiger partial charge >= 0.3 is 0 Å². The molecule has 3 aliphatic rings. The van der Waals surface area contributed by atoms with E-state index in [0.717, 1.165) is 66.5 Å². The first kappa shape index (κ1) is 24.4. The number of fused-ring (bicyclic) bond motifs is 1. The van der Waals surface area contributed by atoms with E-state index in [0.29, 0.717) is 17.9 Å². The average molecular weight is 512 g/mol. The van der Waals surface area contributed by atoms with Crippen molar-refractivity contribution in [2.75, 3.05) is 56.1 Å². The van der Waals surface area contributed by atoms with Crippen molar-refractivity contribution in [1.29, 1.82) is 0 Å². The van der Waals surface area contributed by atoms with Gasteiger partial charge < -0.3 is 29.7 Å². The first-order valence-electron chi connectivity index (χ1n) is 13.2. The Labute approximate surface area is 223 Å². The fourth-order valence-corrected chi connectivity index (χ4v) is 5.78. The fraction of sp³-hybridized carbons (Fsp3) is 0.323. The molecule has 2 atom stereocenters. The molecule has 1 saturated heterocycles. The zero-order chi connectivity index (χ0) is 26.1. The van der Waals surface area contributed by atoms with Crippen molar-refractivity contribution in [3.05, 3.63) is 89.1 Å². The minimum Gasteiger partial charge on any atom is -0.493 e. The monoisotopic (exact) mass is 511 g/mol. The third-order valence-electron chi connectivity index (χ3n) is 7.79. The molecule has 0 aromatic heterocycles. The maximum absolute atomic E-state index is 13.9. The van der Waals surface area contributed by atoms with Crippen molar-refractivity contribution in [1.82, 2.24) is 0 Å². The SMILES string of the molecule is COc1ccc(C2CC(=O)C3=C(C2)Nc2ccccc2NC3c2ccc(N3CCOCC3)cc2)cc1OC. The topological polar surface area (TPSA) is 72.1 Å². The summed E-state index contributed by atoms with van der Waals surface area (Å²) < 4.78 is 16.5. The average Bonchev–Trinajstić information content (AvgIpc) is 3.14. The predicted molar refractivity (Wildman–Crippen MR) is 149 cm³/mol. The molecule has 2 heterocycles. The van der Waals surface area contributed by atoms with Crippen LogP contribution in [0.25, 0.3) is 0 Å². The van der Waals surface area contributed by atoms with Crippen LogP contribution in [-0.2, 0) is 9.53 Å². The number of hydrogen-bond donors (Lipinski definition) is 2. The van der Waals surface area contributed by atoms with Crippen LogP contribution in [0.4, 0.5) is 17.1 Å². The number of methoxy groups -OCH3 is 2. The number of Topliss-reactive ketones (excluding diaryl/α,β-unsaturated/α-hetero) is 1. The summed E-state index contributed by atoms with van der Waals surface area (Å²) in [7, 11) is 3.27. The summed E-state index contributed by atoms with van der Waals surface area (Å²) in [6.45, 7) is 3.29. The molecule has 0 radical (unpaired) electrons. The van der Waals surface area contributed by atoms with Crippen molar-refractivity contribution in [2.24, 2.45) is 0 Å². The number of ketones is 1. The first-order chi connectivity index (χ1) is 18.6. The second kappa shape index (κ2) is 10.4. The van der Waals surface area contributed by atoms with Crippen LogP contribution in [0, 0.1) is 0 Å². The Bertz CT molecular complexity index is 1360. The summed E-state index contributed by atoms with van der Waals surface area (Å²) in [6.07, 6.45) is 1.17. The molecule has 6 rings (SSSR count).